The Hall–Kier alpha value is -1.26. The van der Waals surface area contributed by atoms with Crippen molar-refractivity contribution in [3.63, 3.8) is 0 Å². The van der Waals surface area contributed by atoms with E-state index >= 15 is 0 Å². The van der Waals surface area contributed by atoms with Crippen LogP contribution in [0.25, 0.3) is 0 Å². The molecule has 1 aromatic carbocycles. The summed E-state index contributed by atoms with van der Waals surface area (Å²) in [4.78, 5) is 0. The van der Waals surface area contributed by atoms with E-state index in [0.29, 0.717) is 5.84 Å². The highest BCUT2D eigenvalue weighted by molar-refractivity contribution is 5.92. The zero-order valence-corrected chi connectivity index (χ0v) is 8.01. The molecule has 0 aliphatic rings. The average Bonchev–Trinajstić information content (AvgIpc) is 2.05. The molecule has 0 radical (unpaired) electrons. The summed E-state index contributed by atoms with van der Waals surface area (Å²) < 4.78 is 4.96. The third-order valence-corrected chi connectivity index (χ3v) is 1.42. The highest BCUT2D eigenvalue weighted by Crippen LogP contribution is 2.09. The lowest BCUT2D eigenvalue weighted by Gasteiger charge is -1.98. The van der Waals surface area contributed by atoms with Crippen molar-refractivity contribution in [2.24, 2.45) is 5.73 Å². The van der Waals surface area contributed by atoms with Crippen LogP contribution in [0.4, 0.5) is 0 Å². The minimum absolute atomic E-state index is 0. The minimum atomic E-state index is 0. The van der Waals surface area contributed by atoms with Crippen LogP contribution in [0, 0.1) is 0 Å². The summed E-state index contributed by atoms with van der Waals surface area (Å²) in [6.45, 7) is 0. The Labute approximate surface area is 82.9 Å². The molecule has 0 heterocycles. The first-order valence-corrected chi connectivity index (χ1v) is 3.26. The fraction of sp³-hybridized carbons (Fsp3) is 0.125. The molecule has 0 saturated carbocycles. The molecule has 5 heteroatoms. The summed E-state index contributed by atoms with van der Waals surface area (Å²) in [5, 5.41) is 5.36. The van der Waals surface area contributed by atoms with Gasteiger partial charge in [0.05, 0.1) is 12.7 Å². The van der Waals surface area contributed by atoms with Gasteiger partial charge in [0.15, 0.2) is 0 Å². The van der Waals surface area contributed by atoms with Gasteiger partial charge in [-0.25, -0.2) is 0 Å². The van der Waals surface area contributed by atoms with Gasteiger partial charge in [0.2, 0.25) is 0 Å². The SMILES string of the molecule is COc1ccc(C(N)=[NH2+])cc1.O.[Cl-]. The molecular formula is C8H13ClN2O2. The van der Waals surface area contributed by atoms with Gasteiger partial charge in [0.1, 0.15) is 5.75 Å². The molecule has 0 spiro atoms. The molecular weight excluding hydrogens is 192 g/mol. The molecule has 6 N–H and O–H groups in total. The van der Waals surface area contributed by atoms with Gasteiger partial charge in [-0.2, -0.15) is 0 Å². The lowest BCUT2D eigenvalue weighted by molar-refractivity contribution is -0.114. The maximum Gasteiger partial charge on any atom is 0.270 e. The second-order valence-electron chi connectivity index (χ2n) is 2.18. The number of halogens is 1. The highest BCUT2D eigenvalue weighted by Gasteiger charge is 1.99. The summed E-state index contributed by atoms with van der Waals surface area (Å²) in [6, 6.07) is 7.26. The average molecular weight is 205 g/mol. The number of rotatable bonds is 2. The van der Waals surface area contributed by atoms with Crippen LogP contribution in [-0.2, 0) is 0 Å². The molecule has 0 fully saturated rings. The van der Waals surface area contributed by atoms with Crippen molar-refractivity contribution >= 4 is 5.84 Å². The van der Waals surface area contributed by atoms with Gasteiger partial charge in [-0.1, -0.05) is 0 Å². The number of hydrogen-bond donors (Lipinski definition) is 2. The second-order valence-corrected chi connectivity index (χ2v) is 2.18. The Bertz CT molecular complexity index is 261. The maximum atomic E-state index is 5.36. The fourth-order valence-electron chi connectivity index (χ4n) is 0.783. The van der Waals surface area contributed by atoms with Gasteiger partial charge in [-0.15, -0.1) is 0 Å². The second kappa shape index (κ2) is 6.28. The summed E-state index contributed by atoms with van der Waals surface area (Å²) >= 11 is 0. The fourth-order valence-corrected chi connectivity index (χ4v) is 0.783. The first-order chi connectivity index (χ1) is 5.24. The van der Waals surface area contributed by atoms with E-state index in [4.69, 9.17) is 15.9 Å². The van der Waals surface area contributed by atoms with Gasteiger partial charge >= 0.3 is 0 Å². The molecule has 13 heavy (non-hydrogen) atoms. The van der Waals surface area contributed by atoms with Gasteiger partial charge in [-0.3, -0.25) is 11.1 Å². The van der Waals surface area contributed by atoms with E-state index in [0.717, 1.165) is 11.3 Å². The predicted molar refractivity (Wildman–Crippen MR) is 46.8 cm³/mol. The number of hydrogen-bond acceptors (Lipinski definition) is 1. The molecule has 0 aliphatic carbocycles. The molecule has 0 saturated heterocycles. The van der Waals surface area contributed by atoms with Gasteiger partial charge < -0.3 is 22.6 Å². The molecule has 1 aromatic rings. The highest BCUT2D eigenvalue weighted by atomic mass is 35.5. The standard InChI is InChI=1S/C8H10N2O.ClH.H2O/c1-11-7-4-2-6(3-5-7)8(9)10;;/h2-5H,1H3,(H3,9,10);1H;1H2. The Balaban J connectivity index is 0. The van der Waals surface area contributed by atoms with Crippen molar-refractivity contribution in [1.29, 1.82) is 0 Å². The van der Waals surface area contributed by atoms with Crippen molar-refractivity contribution in [2.75, 3.05) is 7.11 Å². The molecule has 4 nitrogen and oxygen atoms in total. The summed E-state index contributed by atoms with van der Waals surface area (Å²) in [5.41, 5.74) is 6.18. The molecule has 0 bridgehead atoms. The number of amidine groups is 1. The Morgan fingerprint density at radius 1 is 1.31 bits per heavy atom. The lowest BCUT2D eigenvalue weighted by Crippen LogP contribution is -3.00. The number of methoxy groups -OCH3 is 1. The van der Waals surface area contributed by atoms with Gasteiger partial charge in [0.25, 0.3) is 5.84 Å². The van der Waals surface area contributed by atoms with Crippen LogP contribution in [-0.4, -0.2) is 18.4 Å². The monoisotopic (exact) mass is 204 g/mol. The van der Waals surface area contributed by atoms with Crippen molar-refractivity contribution < 1.29 is 28.0 Å². The molecule has 0 atom stereocenters. The van der Waals surface area contributed by atoms with E-state index in [1.54, 1.807) is 7.11 Å². The van der Waals surface area contributed by atoms with E-state index in [-0.39, 0.29) is 17.9 Å². The van der Waals surface area contributed by atoms with Crippen LogP contribution in [0.5, 0.6) is 5.75 Å². The topological polar surface area (TPSA) is 92.3 Å². The first-order valence-electron chi connectivity index (χ1n) is 3.26. The van der Waals surface area contributed by atoms with Crippen LogP contribution < -0.4 is 28.3 Å². The van der Waals surface area contributed by atoms with E-state index < -0.39 is 0 Å². The van der Waals surface area contributed by atoms with E-state index in [2.05, 4.69) is 0 Å². The quantitative estimate of drug-likeness (QED) is 0.375. The first kappa shape index (κ1) is 14.3. The van der Waals surface area contributed by atoms with Crippen LogP contribution >= 0.6 is 0 Å². The zero-order valence-electron chi connectivity index (χ0n) is 7.25. The predicted octanol–water partition coefficient (Wildman–Crippen LogP) is -4.66. The summed E-state index contributed by atoms with van der Waals surface area (Å²) in [6.07, 6.45) is 0. The third kappa shape index (κ3) is 3.78. The van der Waals surface area contributed by atoms with Crippen molar-refractivity contribution in [3.05, 3.63) is 29.8 Å². The molecule has 0 unspecified atom stereocenters. The molecule has 0 aliphatic heterocycles. The lowest BCUT2D eigenvalue weighted by atomic mass is 10.2. The normalized spacial score (nSPS) is 7.77. The van der Waals surface area contributed by atoms with Crippen molar-refractivity contribution in [2.45, 2.75) is 0 Å². The number of benzene rings is 1. The minimum Gasteiger partial charge on any atom is -1.00 e. The Kier molecular flexibility index (Phi) is 6.89. The summed E-state index contributed by atoms with van der Waals surface area (Å²) in [7, 11) is 1.62. The smallest absolute Gasteiger partial charge is 0.270 e. The van der Waals surface area contributed by atoms with E-state index in [1.165, 1.54) is 0 Å². The largest absolute Gasteiger partial charge is 1.00 e. The van der Waals surface area contributed by atoms with Crippen LogP contribution in [0.15, 0.2) is 24.3 Å². The Morgan fingerprint density at radius 3 is 2.08 bits per heavy atom. The third-order valence-electron chi connectivity index (χ3n) is 1.42. The molecule has 1 rings (SSSR count). The van der Waals surface area contributed by atoms with E-state index in [1.807, 2.05) is 24.3 Å². The number of ether oxygens (including phenoxy) is 1. The molecule has 0 amide bonds. The Morgan fingerprint density at radius 2 is 1.77 bits per heavy atom. The van der Waals surface area contributed by atoms with Gasteiger partial charge in [0, 0.05) is 0 Å². The van der Waals surface area contributed by atoms with Crippen LogP contribution in [0.3, 0.4) is 0 Å². The number of nitrogens with two attached hydrogens (primary N) is 2. The van der Waals surface area contributed by atoms with E-state index in [9.17, 15) is 0 Å². The van der Waals surface area contributed by atoms with Crippen molar-refractivity contribution in [3.8, 4) is 5.75 Å². The molecule has 74 valence electrons. The maximum absolute atomic E-state index is 5.36. The molecule has 0 aromatic heterocycles. The van der Waals surface area contributed by atoms with Crippen LogP contribution in [0.1, 0.15) is 5.56 Å². The van der Waals surface area contributed by atoms with Crippen LogP contribution in [0.2, 0.25) is 0 Å². The van der Waals surface area contributed by atoms with Crippen molar-refractivity contribution in [1.82, 2.24) is 0 Å². The summed E-state index contributed by atoms with van der Waals surface area (Å²) in [5.74, 6) is 1.13. The zero-order chi connectivity index (χ0) is 8.27. The van der Waals surface area contributed by atoms with Gasteiger partial charge in [-0.05, 0) is 24.3 Å².